The summed E-state index contributed by atoms with van der Waals surface area (Å²) in [5, 5.41) is 12.9. The van der Waals surface area contributed by atoms with Crippen LogP contribution in [0.3, 0.4) is 0 Å². The van der Waals surface area contributed by atoms with Gasteiger partial charge in [0.15, 0.2) is 0 Å². The lowest BCUT2D eigenvalue weighted by Crippen LogP contribution is -2.47. The van der Waals surface area contributed by atoms with Crippen LogP contribution in [0.15, 0.2) is 0 Å². The van der Waals surface area contributed by atoms with Gasteiger partial charge in [-0.25, -0.2) is 0 Å². The number of nitrogens with zero attached hydrogens (tertiary/aromatic N) is 1. The van der Waals surface area contributed by atoms with E-state index in [0.717, 1.165) is 12.5 Å². The molecule has 2 rings (SSSR count). The molecule has 100 valence electrons. The first-order valence-electron chi connectivity index (χ1n) is 7.11. The number of rotatable bonds is 5. The van der Waals surface area contributed by atoms with Gasteiger partial charge < -0.3 is 10.4 Å². The van der Waals surface area contributed by atoms with E-state index < -0.39 is 0 Å². The van der Waals surface area contributed by atoms with Crippen LogP contribution in [0.2, 0.25) is 0 Å². The van der Waals surface area contributed by atoms with Crippen molar-refractivity contribution in [3.05, 3.63) is 0 Å². The average molecular weight is 240 g/mol. The predicted octanol–water partition coefficient (Wildman–Crippen LogP) is 1.61. The van der Waals surface area contributed by atoms with E-state index in [0.29, 0.717) is 12.1 Å². The molecule has 1 heterocycles. The lowest BCUT2D eigenvalue weighted by atomic mass is 9.84. The summed E-state index contributed by atoms with van der Waals surface area (Å²) in [5.41, 5.74) is 0.232. The molecule has 2 aliphatic rings. The maximum atomic E-state index is 9.17. The third-order valence-electron chi connectivity index (χ3n) is 4.18. The van der Waals surface area contributed by atoms with Crippen LogP contribution in [0, 0.1) is 5.41 Å². The molecule has 3 heteroatoms. The Morgan fingerprint density at radius 1 is 1.29 bits per heavy atom. The van der Waals surface area contributed by atoms with Gasteiger partial charge in [-0.2, -0.15) is 0 Å². The van der Waals surface area contributed by atoms with Gasteiger partial charge in [0.1, 0.15) is 0 Å². The molecule has 2 atom stereocenters. The molecule has 0 aromatic heterocycles. The summed E-state index contributed by atoms with van der Waals surface area (Å²) in [6, 6.07) is 1.95. The lowest BCUT2D eigenvalue weighted by molar-refractivity contribution is 0.184. The van der Waals surface area contributed by atoms with Gasteiger partial charge in [0.25, 0.3) is 0 Å². The highest BCUT2D eigenvalue weighted by atomic mass is 16.3. The first kappa shape index (κ1) is 13.3. The molecule has 1 aliphatic carbocycles. The topological polar surface area (TPSA) is 35.5 Å². The number of nitrogens with one attached hydrogen (secondary N) is 1. The van der Waals surface area contributed by atoms with Gasteiger partial charge in [-0.05, 0) is 31.1 Å². The second-order valence-electron chi connectivity index (χ2n) is 6.81. The molecule has 1 saturated carbocycles. The van der Waals surface area contributed by atoms with Gasteiger partial charge in [0, 0.05) is 37.8 Å². The van der Waals surface area contributed by atoms with Crippen LogP contribution in [0.5, 0.6) is 0 Å². The molecule has 0 aromatic carbocycles. The van der Waals surface area contributed by atoms with Gasteiger partial charge >= 0.3 is 0 Å². The Labute approximate surface area is 106 Å². The van der Waals surface area contributed by atoms with Gasteiger partial charge in [-0.3, -0.25) is 4.90 Å². The highest BCUT2D eigenvalue weighted by molar-refractivity contribution is 4.94. The van der Waals surface area contributed by atoms with Crippen molar-refractivity contribution in [1.29, 1.82) is 0 Å². The summed E-state index contributed by atoms with van der Waals surface area (Å²) >= 11 is 0. The number of likely N-dealkylation sites (tertiary alicyclic amines) is 1. The molecular formula is C14H28N2O. The smallest absolute Gasteiger partial charge is 0.0446 e. The summed E-state index contributed by atoms with van der Waals surface area (Å²) in [6.07, 6.45) is 4.95. The largest absolute Gasteiger partial charge is 0.396 e. The van der Waals surface area contributed by atoms with Gasteiger partial charge in [-0.15, -0.1) is 0 Å². The third-order valence-corrected chi connectivity index (χ3v) is 4.18. The van der Waals surface area contributed by atoms with Crippen LogP contribution < -0.4 is 5.32 Å². The second kappa shape index (κ2) is 5.25. The summed E-state index contributed by atoms with van der Waals surface area (Å²) in [7, 11) is 0. The Hall–Kier alpha value is -0.120. The first-order chi connectivity index (χ1) is 8.00. The van der Waals surface area contributed by atoms with Crippen molar-refractivity contribution < 1.29 is 5.11 Å². The maximum Gasteiger partial charge on any atom is 0.0446 e. The summed E-state index contributed by atoms with van der Waals surface area (Å²) in [5.74, 6) is 0. The first-order valence-corrected chi connectivity index (χ1v) is 7.11. The van der Waals surface area contributed by atoms with E-state index in [2.05, 4.69) is 31.0 Å². The van der Waals surface area contributed by atoms with Crippen molar-refractivity contribution in [2.24, 2.45) is 5.41 Å². The Morgan fingerprint density at radius 2 is 2.00 bits per heavy atom. The predicted molar refractivity (Wildman–Crippen MR) is 71.1 cm³/mol. The van der Waals surface area contributed by atoms with E-state index in [1.807, 2.05) is 0 Å². The van der Waals surface area contributed by atoms with Crippen LogP contribution in [-0.2, 0) is 0 Å². The summed E-state index contributed by atoms with van der Waals surface area (Å²) in [6.45, 7) is 9.53. The minimum Gasteiger partial charge on any atom is -0.396 e. The van der Waals surface area contributed by atoms with Crippen molar-refractivity contribution in [2.45, 2.75) is 64.6 Å². The Bertz CT molecular complexity index is 245. The minimum atomic E-state index is 0.232. The molecule has 1 saturated heterocycles. The van der Waals surface area contributed by atoms with E-state index in [1.54, 1.807) is 0 Å². The van der Waals surface area contributed by atoms with Crippen molar-refractivity contribution >= 4 is 0 Å². The molecule has 1 aliphatic heterocycles. The molecule has 0 amide bonds. The molecule has 0 aromatic rings. The normalized spacial score (nSPS) is 28.6. The van der Waals surface area contributed by atoms with Gasteiger partial charge in [0.05, 0.1) is 0 Å². The zero-order valence-electron chi connectivity index (χ0n) is 11.6. The van der Waals surface area contributed by atoms with Gasteiger partial charge in [-0.1, -0.05) is 20.8 Å². The van der Waals surface area contributed by atoms with Crippen molar-refractivity contribution in [2.75, 3.05) is 19.7 Å². The zero-order valence-corrected chi connectivity index (χ0v) is 11.6. The molecule has 2 fully saturated rings. The van der Waals surface area contributed by atoms with Crippen molar-refractivity contribution in [3.8, 4) is 0 Å². The van der Waals surface area contributed by atoms with Crippen LogP contribution in [0.4, 0.5) is 0 Å². The summed E-state index contributed by atoms with van der Waals surface area (Å²) < 4.78 is 0. The van der Waals surface area contributed by atoms with E-state index in [4.69, 9.17) is 0 Å². The number of hydrogen-bond acceptors (Lipinski definition) is 3. The van der Waals surface area contributed by atoms with Crippen molar-refractivity contribution in [3.63, 3.8) is 0 Å². The number of hydrogen-bond donors (Lipinski definition) is 2. The minimum absolute atomic E-state index is 0.232. The lowest BCUT2D eigenvalue weighted by Gasteiger charge is -2.33. The number of aliphatic hydroxyl groups excluding tert-OH is 1. The fourth-order valence-electron chi connectivity index (χ4n) is 2.87. The molecule has 2 unspecified atom stereocenters. The molecule has 0 spiro atoms. The molecule has 0 radical (unpaired) electrons. The highest BCUT2D eigenvalue weighted by Gasteiger charge is 2.36. The fraction of sp³-hybridized carbons (Fsp3) is 1.00. The quantitative estimate of drug-likeness (QED) is 0.766. The monoisotopic (exact) mass is 240 g/mol. The maximum absolute atomic E-state index is 9.17. The fourth-order valence-corrected chi connectivity index (χ4v) is 2.87. The second-order valence-corrected chi connectivity index (χ2v) is 6.81. The number of aliphatic hydroxyl groups is 1. The van der Waals surface area contributed by atoms with E-state index in [1.165, 1.54) is 32.4 Å². The van der Waals surface area contributed by atoms with Crippen LogP contribution in [0.1, 0.15) is 46.5 Å². The summed E-state index contributed by atoms with van der Waals surface area (Å²) in [4.78, 5) is 2.64. The van der Waals surface area contributed by atoms with Crippen molar-refractivity contribution in [1.82, 2.24) is 10.2 Å². The van der Waals surface area contributed by atoms with Crippen LogP contribution >= 0.6 is 0 Å². The Morgan fingerprint density at radius 3 is 2.53 bits per heavy atom. The average Bonchev–Trinajstić information content (AvgIpc) is 2.98. The molecule has 2 N–H and O–H groups in total. The Balaban J connectivity index is 1.81. The van der Waals surface area contributed by atoms with Crippen LogP contribution in [-0.4, -0.2) is 47.8 Å². The molecular weight excluding hydrogens is 212 g/mol. The highest BCUT2D eigenvalue weighted by Crippen LogP contribution is 2.30. The van der Waals surface area contributed by atoms with Gasteiger partial charge in [0.2, 0.25) is 0 Å². The standard InChI is InChI=1S/C14H28N2O/c1-14(2,3)13(7-9-17)15-11-6-8-16(10-11)12-4-5-12/h11-13,15,17H,4-10H2,1-3H3. The van der Waals surface area contributed by atoms with E-state index in [-0.39, 0.29) is 12.0 Å². The van der Waals surface area contributed by atoms with E-state index >= 15 is 0 Å². The Kier molecular flexibility index (Phi) is 4.11. The molecule has 0 bridgehead atoms. The zero-order chi connectivity index (χ0) is 12.5. The SMILES string of the molecule is CC(C)(C)C(CCO)NC1CCN(C2CC2)C1. The molecule has 17 heavy (non-hydrogen) atoms. The van der Waals surface area contributed by atoms with Crippen LogP contribution in [0.25, 0.3) is 0 Å². The van der Waals surface area contributed by atoms with E-state index in [9.17, 15) is 5.11 Å². The third kappa shape index (κ3) is 3.67. The molecule has 3 nitrogen and oxygen atoms in total.